The van der Waals surface area contributed by atoms with E-state index in [1.165, 1.54) is 11.6 Å². The zero-order valence-corrected chi connectivity index (χ0v) is 15.6. The van der Waals surface area contributed by atoms with Crippen molar-refractivity contribution in [3.63, 3.8) is 0 Å². The minimum absolute atomic E-state index is 0.0592. The lowest BCUT2D eigenvalue weighted by Gasteiger charge is -2.18. The van der Waals surface area contributed by atoms with E-state index in [0.29, 0.717) is 11.3 Å². The largest absolute Gasteiger partial charge is 0.325 e. The zero-order chi connectivity index (χ0) is 18.5. The molecule has 0 aliphatic carbocycles. The molecular weight excluding hydrogens is 347 g/mol. The SMILES string of the molecule is Cc1ccc([C@H](NCC(=O)Nc2ccc(C)c(F)c2)c2cccs2)cc1. The predicted octanol–water partition coefficient (Wildman–Crippen LogP) is 4.82. The normalized spacial score (nSPS) is 12.0. The molecule has 0 aliphatic heterocycles. The Hall–Kier alpha value is -2.50. The number of aryl methyl sites for hydroxylation is 2. The van der Waals surface area contributed by atoms with Crippen molar-refractivity contribution >= 4 is 22.9 Å². The molecule has 1 heterocycles. The molecule has 1 atom stereocenters. The highest BCUT2D eigenvalue weighted by atomic mass is 32.1. The first kappa shape index (κ1) is 18.3. The Morgan fingerprint density at radius 2 is 1.88 bits per heavy atom. The van der Waals surface area contributed by atoms with E-state index in [4.69, 9.17) is 0 Å². The summed E-state index contributed by atoms with van der Waals surface area (Å²) < 4.78 is 13.6. The average Bonchev–Trinajstić information content (AvgIpc) is 3.14. The number of hydrogen-bond donors (Lipinski definition) is 2. The van der Waals surface area contributed by atoms with Gasteiger partial charge in [0.2, 0.25) is 5.91 Å². The molecule has 3 rings (SSSR count). The van der Waals surface area contributed by atoms with Crippen LogP contribution in [0.4, 0.5) is 10.1 Å². The second-order valence-corrected chi connectivity index (χ2v) is 7.23. The number of amides is 1. The lowest BCUT2D eigenvalue weighted by molar-refractivity contribution is -0.115. The number of rotatable bonds is 6. The number of carbonyl (C=O) groups excluding carboxylic acids is 1. The maximum atomic E-state index is 13.6. The molecule has 0 aliphatic rings. The first-order valence-electron chi connectivity index (χ1n) is 8.42. The average molecular weight is 368 g/mol. The molecule has 0 unspecified atom stereocenters. The van der Waals surface area contributed by atoms with E-state index in [-0.39, 0.29) is 24.3 Å². The van der Waals surface area contributed by atoms with Crippen LogP contribution in [0.3, 0.4) is 0 Å². The summed E-state index contributed by atoms with van der Waals surface area (Å²) in [5, 5.41) is 8.06. The van der Waals surface area contributed by atoms with Crippen molar-refractivity contribution < 1.29 is 9.18 Å². The topological polar surface area (TPSA) is 41.1 Å². The molecule has 26 heavy (non-hydrogen) atoms. The minimum atomic E-state index is -0.327. The van der Waals surface area contributed by atoms with Crippen LogP contribution in [-0.2, 0) is 4.79 Å². The molecule has 0 saturated carbocycles. The smallest absolute Gasteiger partial charge is 0.238 e. The maximum Gasteiger partial charge on any atom is 0.238 e. The lowest BCUT2D eigenvalue weighted by Crippen LogP contribution is -2.31. The number of nitrogens with one attached hydrogen (secondary N) is 2. The summed E-state index contributed by atoms with van der Waals surface area (Å²) >= 11 is 1.65. The van der Waals surface area contributed by atoms with Crippen molar-refractivity contribution in [2.75, 3.05) is 11.9 Å². The van der Waals surface area contributed by atoms with Crippen LogP contribution >= 0.6 is 11.3 Å². The van der Waals surface area contributed by atoms with E-state index < -0.39 is 0 Å². The summed E-state index contributed by atoms with van der Waals surface area (Å²) in [6, 6.07) is 16.9. The fourth-order valence-electron chi connectivity index (χ4n) is 2.67. The standard InChI is InChI=1S/C21H21FN2OS/c1-14-5-8-16(9-6-14)21(19-4-3-11-26-19)23-13-20(25)24-17-10-7-15(2)18(22)12-17/h3-12,21,23H,13H2,1-2H3,(H,24,25)/t21-/m0/s1. The van der Waals surface area contributed by atoms with Gasteiger partial charge >= 0.3 is 0 Å². The molecule has 3 nitrogen and oxygen atoms in total. The molecule has 134 valence electrons. The number of halogens is 1. The number of hydrogen-bond acceptors (Lipinski definition) is 3. The maximum absolute atomic E-state index is 13.6. The van der Waals surface area contributed by atoms with Gasteiger partial charge in [0.1, 0.15) is 5.82 Å². The molecule has 0 bridgehead atoms. The van der Waals surface area contributed by atoms with Gasteiger partial charge in [0.15, 0.2) is 0 Å². The monoisotopic (exact) mass is 368 g/mol. The lowest BCUT2D eigenvalue weighted by atomic mass is 10.0. The van der Waals surface area contributed by atoms with Crippen LogP contribution in [-0.4, -0.2) is 12.5 Å². The summed E-state index contributed by atoms with van der Waals surface area (Å²) in [7, 11) is 0. The second-order valence-electron chi connectivity index (χ2n) is 6.25. The van der Waals surface area contributed by atoms with Gasteiger partial charge in [-0.25, -0.2) is 4.39 Å². The molecule has 1 amide bonds. The highest BCUT2D eigenvalue weighted by Gasteiger charge is 2.16. The summed E-state index contributed by atoms with van der Waals surface area (Å²) in [4.78, 5) is 13.4. The van der Waals surface area contributed by atoms with Crippen LogP contribution in [0.5, 0.6) is 0 Å². The van der Waals surface area contributed by atoms with Crippen molar-refractivity contribution in [3.8, 4) is 0 Å². The van der Waals surface area contributed by atoms with Crippen molar-refractivity contribution in [1.82, 2.24) is 5.32 Å². The predicted molar refractivity (Wildman–Crippen MR) is 105 cm³/mol. The van der Waals surface area contributed by atoms with Gasteiger partial charge in [-0.2, -0.15) is 0 Å². The van der Waals surface area contributed by atoms with Gasteiger partial charge in [0.05, 0.1) is 12.6 Å². The molecule has 0 saturated heterocycles. The van der Waals surface area contributed by atoms with Gasteiger partial charge in [0.25, 0.3) is 0 Å². The Morgan fingerprint density at radius 1 is 1.12 bits per heavy atom. The molecule has 5 heteroatoms. The van der Waals surface area contributed by atoms with E-state index in [2.05, 4.69) is 41.0 Å². The fourth-order valence-corrected chi connectivity index (χ4v) is 3.49. The van der Waals surface area contributed by atoms with E-state index in [1.54, 1.807) is 30.4 Å². The second kappa shape index (κ2) is 8.25. The third kappa shape index (κ3) is 4.56. The fraction of sp³-hybridized carbons (Fsp3) is 0.190. The van der Waals surface area contributed by atoms with Gasteiger partial charge in [0, 0.05) is 10.6 Å². The van der Waals surface area contributed by atoms with Crippen LogP contribution in [0, 0.1) is 19.7 Å². The van der Waals surface area contributed by atoms with Gasteiger partial charge in [-0.15, -0.1) is 11.3 Å². The molecule has 0 fully saturated rings. The van der Waals surface area contributed by atoms with Gasteiger partial charge in [-0.3, -0.25) is 10.1 Å². The van der Waals surface area contributed by atoms with Crippen LogP contribution in [0.15, 0.2) is 60.0 Å². The Kier molecular flexibility index (Phi) is 5.81. The summed E-state index contributed by atoms with van der Waals surface area (Å²) in [6.07, 6.45) is 0. The van der Waals surface area contributed by atoms with Gasteiger partial charge < -0.3 is 5.32 Å². The molecular formula is C21H21FN2OS. The van der Waals surface area contributed by atoms with Crippen molar-refractivity contribution in [1.29, 1.82) is 0 Å². The molecule has 2 N–H and O–H groups in total. The molecule has 0 spiro atoms. The van der Waals surface area contributed by atoms with Gasteiger partial charge in [-0.1, -0.05) is 42.0 Å². The number of anilines is 1. The third-order valence-electron chi connectivity index (χ3n) is 4.16. The van der Waals surface area contributed by atoms with Crippen LogP contribution < -0.4 is 10.6 Å². The highest BCUT2D eigenvalue weighted by Crippen LogP contribution is 2.26. The first-order chi connectivity index (χ1) is 12.5. The van der Waals surface area contributed by atoms with E-state index in [0.717, 1.165) is 10.4 Å². The number of benzene rings is 2. The number of thiophene rings is 1. The van der Waals surface area contributed by atoms with Crippen molar-refractivity contribution in [3.05, 3.63) is 87.4 Å². The Morgan fingerprint density at radius 3 is 2.54 bits per heavy atom. The Balaban J connectivity index is 1.68. The molecule has 3 aromatic rings. The molecule has 2 aromatic carbocycles. The van der Waals surface area contributed by atoms with Crippen LogP contribution in [0.1, 0.15) is 27.6 Å². The third-order valence-corrected chi connectivity index (χ3v) is 5.10. The van der Waals surface area contributed by atoms with Crippen LogP contribution in [0.2, 0.25) is 0 Å². The van der Waals surface area contributed by atoms with E-state index >= 15 is 0 Å². The summed E-state index contributed by atoms with van der Waals surface area (Å²) in [5.41, 5.74) is 3.31. The highest BCUT2D eigenvalue weighted by molar-refractivity contribution is 7.10. The van der Waals surface area contributed by atoms with Crippen LogP contribution in [0.25, 0.3) is 0 Å². The van der Waals surface area contributed by atoms with Crippen molar-refractivity contribution in [2.45, 2.75) is 19.9 Å². The summed E-state index contributed by atoms with van der Waals surface area (Å²) in [6.45, 7) is 3.87. The quantitative estimate of drug-likeness (QED) is 0.655. The Bertz CT molecular complexity index is 876. The van der Waals surface area contributed by atoms with E-state index in [9.17, 15) is 9.18 Å². The zero-order valence-electron chi connectivity index (χ0n) is 14.8. The minimum Gasteiger partial charge on any atom is -0.325 e. The number of carbonyl (C=O) groups is 1. The Labute approximate surface area is 156 Å². The molecule has 0 radical (unpaired) electrons. The van der Waals surface area contributed by atoms with Gasteiger partial charge in [-0.05, 0) is 48.6 Å². The molecule has 1 aromatic heterocycles. The first-order valence-corrected chi connectivity index (χ1v) is 9.30. The van der Waals surface area contributed by atoms with E-state index in [1.807, 2.05) is 18.4 Å². The van der Waals surface area contributed by atoms with Crippen molar-refractivity contribution in [2.24, 2.45) is 0 Å². The summed E-state index contributed by atoms with van der Waals surface area (Å²) in [5.74, 6) is -0.534.